The van der Waals surface area contributed by atoms with Gasteiger partial charge in [-0.25, -0.2) is 8.42 Å². The van der Waals surface area contributed by atoms with Crippen molar-refractivity contribution >= 4 is 27.5 Å². The molecule has 1 fully saturated rings. The van der Waals surface area contributed by atoms with Gasteiger partial charge in [0.25, 0.3) is 0 Å². The fraction of sp³-hybridized carbons (Fsp3) is 0.360. The lowest BCUT2D eigenvalue weighted by molar-refractivity contribution is -0.118. The molecule has 0 radical (unpaired) electrons. The highest BCUT2D eigenvalue weighted by atomic mass is 32.2. The first-order valence-electron chi connectivity index (χ1n) is 11.1. The van der Waals surface area contributed by atoms with Gasteiger partial charge in [0.15, 0.2) is 0 Å². The van der Waals surface area contributed by atoms with Crippen LogP contribution in [-0.4, -0.2) is 43.7 Å². The molecule has 3 rings (SSSR count). The standard InChI is InChI=1S/C25H31N3O4S/c1-4-23(29)27-25-18(2)16-28(17-19(25)3)33(31,32)22-13-11-21(12-14-22)26-24(30)15-10-20-8-6-5-7-9-20/h4-9,11-14,18-19,25H,1,10,15-17H2,2-3H3,(H,26,30)(H,27,29). The summed E-state index contributed by atoms with van der Waals surface area (Å²) >= 11 is 0. The van der Waals surface area contributed by atoms with E-state index in [1.54, 1.807) is 12.1 Å². The number of carbonyl (C=O) groups is 2. The maximum atomic E-state index is 13.2. The lowest BCUT2D eigenvalue weighted by atomic mass is 9.87. The van der Waals surface area contributed by atoms with Gasteiger partial charge in [-0.05, 0) is 54.2 Å². The van der Waals surface area contributed by atoms with Crippen molar-refractivity contribution in [3.05, 3.63) is 72.8 Å². The van der Waals surface area contributed by atoms with E-state index in [1.165, 1.54) is 22.5 Å². The molecular formula is C25H31N3O4S. The Morgan fingerprint density at radius 2 is 1.64 bits per heavy atom. The molecule has 176 valence electrons. The van der Waals surface area contributed by atoms with Crippen molar-refractivity contribution in [3.63, 3.8) is 0 Å². The molecule has 2 aromatic carbocycles. The molecule has 2 unspecified atom stereocenters. The van der Waals surface area contributed by atoms with E-state index in [0.717, 1.165) is 5.56 Å². The van der Waals surface area contributed by atoms with Gasteiger partial charge in [-0.1, -0.05) is 50.8 Å². The predicted octanol–water partition coefficient (Wildman–Crippen LogP) is 3.21. The number of piperidine rings is 1. The number of nitrogens with one attached hydrogen (secondary N) is 2. The van der Waals surface area contributed by atoms with Crippen molar-refractivity contribution in [2.24, 2.45) is 11.8 Å². The monoisotopic (exact) mass is 469 g/mol. The maximum Gasteiger partial charge on any atom is 0.243 e. The van der Waals surface area contributed by atoms with Crippen LogP contribution in [0.4, 0.5) is 5.69 Å². The zero-order valence-electron chi connectivity index (χ0n) is 19.0. The average molecular weight is 470 g/mol. The van der Waals surface area contributed by atoms with Crippen LogP contribution in [0.25, 0.3) is 0 Å². The topological polar surface area (TPSA) is 95.6 Å². The Bertz CT molecular complexity index is 1070. The van der Waals surface area contributed by atoms with Crippen LogP contribution in [0.5, 0.6) is 0 Å². The van der Waals surface area contributed by atoms with Crippen LogP contribution in [0.3, 0.4) is 0 Å². The molecule has 0 spiro atoms. The molecule has 0 bridgehead atoms. The summed E-state index contributed by atoms with van der Waals surface area (Å²) in [5.74, 6) is -0.469. The van der Waals surface area contributed by atoms with Crippen LogP contribution in [0.1, 0.15) is 25.8 Å². The minimum absolute atomic E-state index is 0.0457. The normalized spacial score (nSPS) is 21.2. The maximum absolute atomic E-state index is 13.2. The van der Waals surface area contributed by atoms with Crippen molar-refractivity contribution in [3.8, 4) is 0 Å². The summed E-state index contributed by atoms with van der Waals surface area (Å²) in [6.45, 7) is 7.96. The SMILES string of the molecule is C=CC(=O)NC1C(C)CN(S(=O)(=O)c2ccc(NC(=O)CCc3ccccc3)cc2)CC1C. The van der Waals surface area contributed by atoms with E-state index in [-0.39, 0.29) is 34.6 Å². The van der Waals surface area contributed by atoms with Gasteiger partial charge in [0.05, 0.1) is 4.90 Å². The minimum Gasteiger partial charge on any atom is -0.349 e. The second-order valence-electron chi connectivity index (χ2n) is 8.57. The Balaban J connectivity index is 1.60. The molecule has 0 saturated carbocycles. The summed E-state index contributed by atoms with van der Waals surface area (Å²) in [7, 11) is -3.69. The van der Waals surface area contributed by atoms with E-state index < -0.39 is 10.0 Å². The lowest BCUT2D eigenvalue weighted by Gasteiger charge is -2.40. The van der Waals surface area contributed by atoms with E-state index >= 15 is 0 Å². The second-order valence-corrected chi connectivity index (χ2v) is 10.5. The molecule has 0 aromatic heterocycles. The summed E-state index contributed by atoms with van der Waals surface area (Å²) in [4.78, 5) is 24.1. The summed E-state index contributed by atoms with van der Waals surface area (Å²) in [5, 5.41) is 5.73. The highest BCUT2D eigenvalue weighted by molar-refractivity contribution is 7.89. The first-order valence-corrected chi connectivity index (χ1v) is 12.5. The van der Waals surface area contributed by atoms with Gasteiger partial charge in [-0.15, -0.1) is 0 Å². The molecule has 2 amide bonds. The molecule has 33 heavy (non-hydrogen) atoms. The number of rotatable bonds is 8. The number of sulfonamides is 1. The van der Waals surface area contributed by atoms with Crippen molar-refractivity contribution < 1.29 is 18.0 Å². The summed E-state index contributed by atoms with van der Waals surface area (Å²) in [5.41, 5.74) is 1.64. The number of anilines is 1. The fourth-order valence-corrected chi connectivity index (χ4v) is 5.84. The lowest BCUT2D eigenvalue weighted by Crippen LogP contribution is -2.55. The van der Waals surface area contributed by atoms with Crippen molar-refractivity contribution in [1.29, 1.82) is 0 Å². The van der Waals surface area contributed by atoms with Crippen molar-refractivity contribution in [2.75, 3.05) is 18.4 Å². The molecule has 2 N–H and O–H groups in total. The van der Waals surface area contributed by atoms with Gasteiger partial charge < -0.3 is 10.6 Å². The van der Waals surface area contributed by atoms with E-state index in [9.17, 15) is 18.0 Å². The van der Waals surface area contributed by atoms with Crippen LogP contribution >= 0.6 is 0 Å². The van der Waals surface area contributed by atoms with Crippen LogP contribution < -0.4 is 10.6 Å². The van der Waals surface area contributed by atoms with Crippen LogP contribution in [-0.2, 0) is 26.0 Å². The van der Waals surface area contributed by atoms with Crippen LogP contribution in [0.15, 0.2) is 72.1 Å². The van der Waals surface area contributed by atoms with Gasteiger partial charge in [0, 0.05) is 31.2 Å². The molecule has 0 aliphatic carbocycles. The Morgan fingerprint density at radius 1 is 1.03 bits per heavy atom. The Labute approximate surface area is 195 Å². The summed E-state index contributed by atoms with van der Waals surface area (Å²) in [6, 6.07) is 15.9. The Hall–Kier alpha value is -2.97. The van der Waals surface area contributed by atoms with E-state index in [4.69, 9.17) is 0 Å². The van der Waals surface area contributed by atoms with Crippen LogP contribution in [0.2, 0.25) is 0 Å². The summed E-state index contributed by atoms with van der Waals surface area (Å²) in [6.07, 6.45) is 2.21. The number of carbonyl (C=O) groups excluding carboxylic acids is 2. The molecule has 2 aromatic rings. The van der Waals surface area contributed by atoms with Crippen molar-refractivity contribution in [2.45, 2.75) is 37.6 Å². The van der Waals surface area contributed by atoms with Gasteiger partial charge >= 0.3 is 0 Å². The molecule has 1 saturated heterocycles. The zero-order valence-corrected chi connectivity index (χ0v) is 19.8. The third kappa shape index (κ3) is 6.30. The van der Waals surface area contributed by atoms with Gasteiger partial charge in [-0.2, -0.15) is 4.31 Å². The molecule has 7 nitrogen and oxygen atoms in total. The number of aryl methyl sites for hydroxylation is 1. The van der Waals surface area contributed by atoms with E-state index in [1.807, 2.05) is 44.2 Å². The zero-order chi connectivity index (χ0) is 24.0. The molecule has 1 heterocycles. The first kappa shape index (κ1) is 24.7. The third-order valence-electron chi connectivity index (χ3n) is 5.96. The highest BCUT2D eigenvalue weighted by Crippen LogP contribution is 2.28. The Morgan fingerprint density at radius 3 is 2.21 bits per heavy atom. The Kier molecular flexibility index (Phi) is 8.05. The third-order valence-corrected chi connectivity index (χ3v) is 7.81. The van der Waals surface area contributed by atoms with Gasteiger partial charge in [0.1, 0.15) is 0 Å². The molecule has 1 aliphatic heterocycles. The van der Waals surface area contributed by atoms with Gasteiger partial charge in [0.2, 0.25) is 21.8 Å². The average Bonchev–Trinajstić information content (AvgIpc) is 2.80. The number of nitrogens with zero attached hydrogens (tertiary/aromatic N) is 1. The number of hydrogen-bond acceptors (Lipinski definition) is 4. The largest absolute Gasteiger partial charge is 0.349 e. The number of benzene rings is 2. The molecule has 2 atom stereocenters. The molecule has 8 heteroatoms. The quantitative estimate of drug-likeness (QED) is 0.581. The molecule has 1 aliphatic rings. The van der Waals surface area contributed by atoms with Gasteiger partial charge in [-0.3, -0.25) is 9.59 Å². The molecular weight excluding hydrogens is 438 g/mol. The highest BCUT2D eigenvalue weighted by Gasteiger charge is 2.38. The first-order chi connectivity index (χ1) is 15.7. The number of amides is 2. The summed E-state index contributed by atoms with van der Waals surface area (Å²) < 4.78 is 27.8. The predicted molar refractivity (Wildman–Crippen MR) is 129 cm³/mol. The van der Waals surface area contributed by atoms with E-state index in [2.05, 4.69) is 17.2 Å². The van der Waals surface area contributed by atoms with E-state index in [0.29, 0.717) is 31.6 Å². The second kappa shape index (κ2) is 10.8. The number of hydrogen-bond donors (Lipinski definition) is 2. The minimum atomic E-state index is -3.69. The van der Waals surface area contributed by atoms with Crippen LogP contribution in [0, 0.1) is 11.8 Å². The van der Waals surface area contributed by atoms with Crippen molar-refractivity contribution in [1.82, 2.24) is 9.62 Å². The fourth-order valence-electron chi connectivity index (χ4n) is 4.19. The smallest absolute Gasteiger partial charge is 0.243 e.